The van der Waals surface area contributed by atoms with E-state index in [1.165, 1.54) is 11.3 Å². The van der Waals surface area contributed by atoms with Gasteiger partial charge < -0.3 is 15.9 Å². The fourth-order valence-corrected chi connectivity index (χ4v) is 2.31. The molecule has 0 radical (unpaired) electrons. The van der Waals surface area contributed by atoms with Crippen LogP contribution in [0.3, 0.4) is 0 Å². The highest BCUT2D eigenvalue weighted by Crippen LogP contribution is 2.35. The first-order chi connectivity index (χ1) is 6.24. The summed E-state index contributed by atoms with van der Waals surface area (Å²) in [5.74, 6) is 0.122. The van der Waals surface area contributed by atoms with Gasteiger partial charge >= 0.3 is 0 Å². The average Bonchev–Trinajstić information content (AvgIpc) is 2.48. The SMILES string of the molecule is Nc1csc2c(CO)c(O)ccc12. The summed E-state index contributed by atoms with van der Waals surface area (Å²) in [6, 6.07) is 3.31. The molecule has 0 saturated heterocycles. The van der Waals surface area contributed by atoms with Crippen molar-refractivity contribution in [2.75, 3.05) is 5.73 Å². The monoisotopic (exact) mass is 195 g/mol. The predicted octanol–water partition coefficient (Wildman–Crippen LogP) is 1.68. The van der Waals surface area contributed by atoms with Crippen molar-refractivity contribution in [2.24, 2.45) is 0 Å². The van der Waals surface area contributed by atoms with Crippen LogP contribution in [0.1, 0.15) is 5.56 Å². The van der Waals surface area contributed by atoms with Crippen LogP contribution < -0.4 is 5.73 Å². The van der Waals surface area contributed by atoms with E-state index < -0.39 is 0 Å². The number of hydrogen-bond acceptors (Lipinski definition) is 4. The zero-order chi connectivity index (χ0) is 9.42. The Morgan fingerprint density at radius 3 is 2.85 bits per heavy atom. The number of thiophene rings is 1. The normalized spacial score (nSPS) is 10.8. The number of aromatic hydroxyl groups is 1. The number of benzene rings is 1. The number of phenols is 1. The molecule has 0 aliphatic carbocycles. The van der Waals surface area contributed by atoms with Gasteiger partial charge in [0.1, 0.15) is 5.75 Å². The van der Waals surface area contributed by atoms with Gasteiger partial charge in [-0.1, -0.05) is 0 Å². The summed E-state index contributed by atoms with van der Waals surface area (Å²) in [5.41, 5.74) is 6.94. The van der Waals surface area contributed by atoms with Crippen molar-refractivity contribution in [3.8, 4) is 5.75 Å². The Labute approximate surface area is 79.0 Å². The molecule has 0 spiro atoms. The Kier molecular flexibility index (Phi) is 1.86. The van der Waals surface area contributed by atoms with Gasteiger partial charge in [-0.25, -0.2) is 0 Å². The lowest BCUT2D eigenvalue weighted by molar-refractivity contribution is 0.277. The highest BCUT2D eigenvalue weighted by Gasteiger charge is 2.09. The van der Waals surface area contributed by atoms with Gasteiger partial charge in [0.25, 0.3) is 0 Å². The van der Waals surface area contributed by atoms with Crippen molar-refractivity contribution in [3.63, 3.8) is 0 Å². The minimum atomic E-state index is -0.164. The Morgan fingerprint density at radius 2 is 2.15 bits per heavy atom. The van der Waals surface area contributed by atoms with E-state index in [-0.39, 0.29) is 12.4 Å². The van der Waals surface area contributed by atoms with Gasteiger partial charge in [0.15, 0.2) is 0 Å². The Balaban J connectivity index is 2.85. The molecule has 13 heavy (non-hydrogen) atoms. The maximum atomic E-state index is 9.42. The smallest absolute Gasteiger partial charge is 0.122 e. The predicted molar refractivity (Wildman–Crippen MR) is 53.8 cm³/mol. The molecule has 0 aliphatic rings. The molecule has 4 heteroatoms. The molecule has 1 aromatic carbocycles. The number of rotatable bonds is 1. The second-order valence-electron chi connectivity index (χ2n) is 2.79. The molecule has 4 N–H and O–H groups in total. The Hall–Kier alpha value is -1.26. The van der Waals surface area contributed by atoms with Crippen LogP contribution in [-0.2, 0) is 6.61 Å². The van der Waals surface area contributed by atoms with Crippen LogP contribution >= 0.6 is 11.3 Å². The molecule has 1 aromatic heterocycles. The molecule has 68 valence electrons. The summed E-state index contributed by atoms with van der Waals surface area (Å²) in [6.45, 7) is -0.164. The van der Waals surface area contributed by atoms with Crippen molar-refractivity contribution in [2.45, 2.75) is 6.61 Å². The van der Waals surface area contributed by atoms with E-state index in [0.29, 0.717) is 11.3 Å². The molecule has 0 fully saturated rings. The minimum Gasteiger partial charge on any atom is -0.508 e. The quantitative estimate of drug-likeness (QED) is 0.648. The summed E-state index contributed by atoms with van der Waals surface area (Å²) in [6.07, 6.45) is 0. The number of nitrogen functional groups attached to an aromatic ring is 1. The number of nitrogens with two attached hydrogens (primary N) is 1. The average molecular weight is 195 g/mol. The van der Waals surface area contributed by atoms with Gasteiger partial charge in [-0.05, 0) is 12.1 Å². The molecule has 0 bridgehead atoms. The van der Waals surface area contributed by atoms with E-state index in [0.717, 1.165) is 10.1 Å². The third-order valence-electron chi connectivity index (χ3n) is 2.01. The van der Waals surface area contributed by atoms with Crippen molar-refractivity contribution >= 4 is 27.1 Å². The Bertz CT molecular complexity index is 450. The molecule has 2 aromatic rings. The summed E-state index contributed by atoms with van der Waals surface area (Å²) < 4.78 is 0.861. The van der Waals surface area contributed by atoms with Gasteiger partial charge in [0.05, 0.1) is 12.3 Å². The van der Waals surface area contributed by atoms with Crippen molar-refractivity contribution in [1.29, 1.82) is 0 Å². The van der Waals surface area contributed by atoms with Crippen LogP contribution in [0.5, 0.6) is 5.75 Å². The third-order valence-corrected chi connectivity index (χ3v) is 3.08. The lowest BCUT2D eigenvalue weighted by Crippen LogP contribution is -1.85. The molecular weight excluding hydrogens is 186 g/mol. The van der Waals surface area contributed by atoms with Crippen LogP contribution in [0.25, 0.3) is 10.1 Å². The summed E-state index contributed by atoms with van der Waals surface area (Å²) in [4.78, 5) is 0. The molecule has 0 atom stereocenters. The molecule has 0 aliphatic heterocycles. The van der Waals surface area contributed by atoms with Crippen molar-refractivity contribution in [1.82, 2.24) is 0 Å². The van der Waals surface area contributed by atoms with Crippen LogP contribution in [0, 0.1) is 0 Å². The topological polar surface area (TPSA) is 66.5 Å². The van der Waals surface area contributed by atoms with E-state index in [4.69, 9.17) is 10.8 Å². The maximum Gasteiger partial charge on any atom is 0.122 e. The summed E-state index contributed by atoms with van der Waals surface area (Å²) in [7, 11) is 0. The fraction of sp³-hybridized carbons (Fsp3) is 0.111. The maximum absolute atomic E-state index is 9.42. The van der Waals surface area contributed by atoms with Gasteiger partial charge in [-0.2, -0.15) is 0 Å². The van der Waals surface area contributed by atoms with Crippen LogP contribution in [0.2, 0.25) is 0 Å². The van der Waals surface area contributed by atoms with Crippen molar-refractivity contribution < 1.29 is 10.2 Å². The van der Waals surface area contributed by atoms with Crippen LogP contribution in [-0.4, -0.2) is 10.2 Å². The molecule has 0 unspecified atom stereocenters. The second kappa shape index (κ2) is 2.90. The molecule has 0 saturated carbocycles. The molecular formula is C9H9NO2S. The second-order valence-corrected chi connectivity index (χ2v) is 3.67. The zero-order valence-corrected chi connectivity index (χ0v) is 7.64. The molecule has 2 rings (SSSR count). The van der Waals surface area contributed by atoms with E-state index in [9.17, 15) is 5.11 Å². The van der Waals surface area contributed by atoms with Gasteiger partial charge in [-0.15, -0.1) is 11.3 Å². The summed E-state index contributed by atoms with van der Waals surface area (Å²) >= 11 is 1.43. The van der Waals surface area contributed by atoms with Crippen LogP contribution in [0.15, 0.2) is 17.5 Å². The summed E-state index contributed by atoms with van der Waals surface area (Å²) in [5, 5.41) is 21.2. The van der Waals surface area contributed by atoms with E-state index in [1.807, 2.05) is 5.38 Å². The van der Waals surface area contributed by atoms with Gasteiger partial charge in [0.2, 0.25) is 0 Å². The first-order valence-electron chi connectivity index (χ1n) is 3.82. The number of anilines is 1. The Morgan fingerprint density at radius 1 is 1.38 bits per heavy atom. The number of aliphatic hydroxyl groups is 1. The highest BCUT2D eigenvalue weighted by atomic mass is 32.1. The minimum absolute atomic E-state index is 0.122. The highest BCUT2D eigenvalue weighted by molar-refractivity contribution is 7.18. The van der Waals surface area contributed by atoms with Gasteiger partial charge in [-0.3, -0.25) is 0 Å². The third kappa shape index (κ3) is 1.15. The first kappa shape index (κ1) is 8.34. The number of fused-ring (bicyclic) bond motifs is 1. The molecule has 1 heterocycles. The van der Waals surface area contributed by atoms with Gasteiger partial charge in [0, 0.05) is 21.0 Å². The lowest BCUT2D eigenvalue weighted by atomic mass is 10.1. The standard InChI is InChI=1S/C9H9NO2S/c10-7-4-13-9-5(7)1-2-8(12)6(9)3-11/h1-2,4,11-12H,3,10H2. The number of aliphatic hydroxyl groups excluding tert-OH is 1. The van der Waals surface area contributed by atoms with E-state index in [2.05, 4.69) is 0 Å². The van der Waals surface area contributed by atoms with Crippen LogP contribution in [0.4, 0.5) is 5.69 Å². The van der Waals surface area contributed by atoms with E-state index >= 15 is 0 Å². The van der Waals surface area contributed by atoms with Crippen molar-refractivity contribution in [3.05, 3.63) is 23.1 Å². The lowest BCUT2D eigenvalue weighted by Gasteiger charge is -2.01. The zero-order valence-electron chi connectivity index (χ0n) is 6.82. The molecule has 0 amide bonds. The fourth-order valence-electron chi connectivity index (χ4n) is 1.32. The first-order valence-corrected chi connectivity index (χ1v) is 4.70. The van der Waals surface area contributed by atoms with E-state index in [1.54, 1.807) is 12.1 Å². The molecule has 3 nitrogen and oxygen atoms in total. The number of hydrogen-bond donors (Lipinski definition) is 3. The largest absolute Gasteiger partial charge is 0.508 e.